The summed E-state index contributed by atoms with van der Waals surface area (Å²) in [5.41, 5.74) is 0. The first-order valence-electron chi connectivity index (χ1n) is 6.21. The highest BCUT2D eigenvalue weighted by molar-refractivity contribution is 5.76. The minimum atomic E-state index is -3.27. The molecule has 0 spiro atoms. The largest absolute Gasteiger partial charge is 0.390 e. The fourth-order valence-corrected chi connectivity index (χ4v) is 1.75. The SMILES string of the molecule is CCCC(CC(=O)NCC(F)(F)CO)n1ccnc1. The fraction of sp³-hybridized carbons (Fsp3) is 0.667. The number of carbonyl (C=O) groups is 1. The van der Waals surface area contributed by atoms with Crippen molar-refractivity contribution in [3.63, 3.8) is 0 Å². The Balaban J connectivity index is 2.48. The number of halogens is 2. The maximum atomic E-state index is 12.8. The quantitative estimate of drug-likeness (QED) is 0.752. The van der Waals surface area contributed by atoms with Crippen LogP contribution < -0.4 is 5.32 Å². The van der Waals surface area contributed by atoms with Gasteiger partial charge < -0.3 is 15.0 Å². The number of aromatic nitrogens is 2. The highest BCUT2D eigenvalue weighted by Crippen LogP contribution is 2.18. The number of alkyl halides is 2. The van der Waals surface area contributed by atoms with Gasteiger partial charge in [0.2, 0.25) is 5.91 Å². The molecule has 0 bridgehead atoms. The molecule has 0 aliphatic heterocycles. The second kappa shape index (κ2) is 7.18. The lowest BCUT2D eigenvalue weighted by Crippen LogP contribution is -2.39. The molecule has 2 N–H and O–H groups in total. The van der Waals surface area contributed by atoms with Crippen molar-refractivity contribution in [3.05, 3.63) is 18.7 Å². The Hall–Kier alpha value is -1.50. The van der Waals surface area contributed by atoms with Gasteiger partial charge in [-0.2, -0.15) is 0 Å². The van der Waals surface area contributed by atoms with Gasteiger partial charge in [-0.15, -0.1) is 0 Å². The van der Waals surface area contributed by atoms with E-state index in [1.54, 1.807) is 23.3 Å². The first kappa shape index (κ1) is 15.6. The molecule has 0 saturated heterocycles. The Morgan fingerprint density at radius 3 is 2.84 bits per heavy atom. The third-order valence-corrected chi connectivity index (χ3v) is 2.76. The van der Waals surface area contributed by atoms with Crippen molar-refractivity contribution in [1.29, 1.82) is 0 Å². The zero-order valence-electron chi connectivity index (χ0n) is 10.9. The number of hydrogen-bond donors (Lipinski definition) is 2. The van der Waals surface area contributed by atoms with E-state index in [1.807, 2.05) is 6.92 Å². The maximum absolute atomic E-state index is 12.8. The molecule has 1 aromatic rings. The number of nitrogens with zero attached hydrogens (tertiary/aromatic N) is 2. The summed E-state index contributed by atoms with van der Waals surface area (Å²) < 4.78 is 27.4. The summed E-state index contributed by atoms with van der Waals surface area (Å²) in [5, 5.41) is 10.6. The summed E-state index contributed by atoms with van der Waals surface area (Å²) in [5.74, 6) is -3.73. The van der Waals surface area contributed by atoms with Gasteiger partial charge in [-0.3, -0.25) is 4.79 Å². The molecule has 1 rings (SSSR count). The molecular formula is C12H19F2N3O2. The van der Waals surface area contributed by atoms with Crippen molar-refractivity contribution in [2.45, 2.75) is 38.2 Å². The Bertz CT molecular complexity index is 382. The zero-order valence-corrected chi connectivity index (χ0v) is 10.9. The van der Waals surface area contributed by atoms with Crippen LogP contribution in [0.4, 0.5) is 8.78 Å². The second-order valence-corrected chi connectivity index (χ2v) is 4.45. The minimum Gasteiger partial charge on any atom is -0.390 e. The second-order valence-electron chi connectivity index (χ2n) is 4.45. The number of aliphatic hydroxyl groups excluding tert-OH is 1. The molecule has 7 heteroatoms. The van der Waals surface area contributed by atoms with Crippen molar-refractivity contribution in [2.75, 3.05) is 13.2 Å². The molecule has 0 aliphatic carbocycles. The summed E-state index contributed by atoms with van der Waals surface area (Å²) in [6.07, 6.45) is 6.72. The Morgan fingerprint density at radius 2 is 2.32 bits per heavy atom. The lowest BCUT2D eigenvalue weighted by molar-refractivity contribution is -0.124. The monoisotopic (exact) mass is 275 g/mol. The summed E-state index contributed by atoms with van der Waals surface area (Å²) in [7, 11) is 0. The van der Waals surface area contributed by atoms with E-state index in [-0.39, 0.29) is 12.5 Å². The molecule has 0 aromatic carbocycles. The van der Waals surface area contributed by atoms with Gasteiger partial charge >= 0.3 is 0 Å². The first-order valence-corrected chi connectivity index (χ1v) is 6.21. The Labute approximate surface area is 110 Å². The van der Waals surface area contributed by atoms with Crippen LogP contribution in [0.25, 0.3) is 0 Å². The van der Waals surface area contributed by atoms with Crippen LogP contribution in [0, 0.1) is 0 Å². The van der Waals surface area contributed by atoms with Crippen LogP contribution in [0.1, 0.15) is 32.2 Å². The van der Waals surface area contributed by atoms with Crippen LogP contribution in [-0.4, -0.2) is 39.6 Å². The molecule has 19 heavy (non-hydrogen) atoms. The molecular weight excluding hydrogens is 256 g/mol. The Kier molecular flexibility index (Phi) is 5.88. The smallest absolute Gasteiger partial charge is 0.287 e. The molecule has 1 aromatic heterocycles. The summed E-state index contributed by atoms with van der Waals surface area (Å²) in [6, 6.07) is -0.0877. The predicted molar refractivity (Wildman–Crippen MR) is 65.8 cm³/mol. The fourth-order valence-electron chi connectivity index (χ4n) is 1.75. The predicted octanol–water partition coefficient (Wildman–Crippen LogP) is 1.36. The minimum absolute atomic E-state index is 0.0877. The van der Waals surface area contributed by atoms with Gasteiger partial charge in [0, 0.05) is 24.9 Å². The van der Waals surface area contributed by atoms with Crippen molar-refractivity contribution in [1.82, 2.24) is 14.9 Å². The molecule has 0 aliphatic rings. The van der Waals surface area contributed by atoms with Gasteiger partial charge in [0.1, 0.15) is 6.61 Å². The molecule has 0 saturated carbocycles. The van der Waals surface area contributed by atoms with Crippen molar-refractivity contribution < 1.29 is 18.7 Å². The summed E-state index contributed by atoms with van der Waals surface area (Å²) in [4.78, 5) is 15.5. The van der Waals surface area contributed by atoms with Crippen molar-refractivity contribution in [3.8, 4) is 0 Å². The van der Waals surface area contributed by atoms with Crippen LogP contribution in [0.3, 0.4) is 0 Å². The number of carbonyl (C=O) groups excluding carboxylic acids is 1. The average Bonchev–Trinajstić information content (AvgIpc) is 2.90. The molecule has 5 nitrogen and oxygen atoms in total. The van der Waals surface area contributed by atoms with E-state index in [4.69, 9.17) is 5.11 Å². The Morgan fingerprint density at radius 1 is 1.58 bits per heavy atom. The van der Waals surface area contributed by atoms with Gasteiger partial charge in [-0.05, 0) is 6.42 Å². The molecule has 0 radical (unpaired) electrons. The van der Waals surface area contributed by atoms with E-state index in [0.717, 1.165) is 12.8 Å². The highest BCUT2D eigenvalue weighted by Gasteiger charge is 2.28. The number of aliphatic hydroxyl groups is 1. The third-order valence-electron chi connectivity index (χ3n) is 2.76. The number of amides is 1. The van der Waals surface area contributed by atoms with Crippen LogP contribution in [0.2, 0.25) is 0 Å². The van der Waals surface area contributed by atoms with E-state index in [0.29, 0.717) is 0 Å². The van der Waals surface area contributed by atoms with Gasteiger partial charge in [0.05, 0.1) is 12.9 Å². The standard InChI is InChI=1S/C12H19F2N3O2/c1-2-3-10(17-5-4-15-9-17)6-11(19)16-7-12(13,14)8-18/h4-5,9-10,18H,2-3,6-8H2,1H3,(H,16,19). The van der Waals surface area contributed by atoms with E-state index < -0.39 is 25.0 Å². The van der Waals surface area contributed by atoms with Gasteiger partial charge in [-0.1, -0.05) is 13.3 Å². The molecule has 108 valence electrons. The number of hydrogen-bond acceptors (Lipinski definition) is 3. The van der Waals surface area contributed by atoms with Crippen LogP contribution >= 0.6 is 0 Å². The molecule has 1 heterocycles. The lowest BCUT2D eigenvalue weighted by Gasteiger charge is -2.19. The normalized spacial score (nSPS) is 13.3. The zero-order chi connectivity index (χ0) is 14.3. The average molecular weight is 275 g/mol. The van der Waals surface area contributed by atoms with Crippen LogP contribution in [0.15, 0.2) is 18.7 Å². The number of nitrogens with one attached hydrogen (secondary N) is 1. The van der Waals surface area contributed by atoms with E-state index in [2.05, 4.69) is 10.3 Å². The van der Waals surface area contributed by atoms with E-state index in [9.17, 15) is 13.6 Å². The lowest BCUT2D eigenvalue weighted by atomic mass is 10.1. The molecule has 0 fully saturated rings. The van der Waals surface area contributed by atoms with Gasteiger partial charge in [0.25, 0.3) is 5.92 Å². The topological polar surface area (TPSA) is 67.2 Å². The molecule has 1 amide bonds. The summed E-state index contributed by atoms with van der Waals surface area (Å²) >= 11 is 0. The van der Waals surface area contributed by atoms with E-state index >= 15 is 0 Å². The number of rotatable bonds is 8. The van der Waals surface area contributed by atoms with Gasteiger partial charge in [-0.25, -0.2) is 13.8 Å². The van der Waals surface area contributed by atoms with Gasteiger partial charge in [0.15, 0.2) is 0 Å². The van der Waals surface area contributed by atoms with E-state index in [1.165, 1.54) is 0 Å². The molecule has 1 unspecified atom stereocenters. The first-order chi connectivity index (χ1) is 8.98. The van der Waals surface area contributed by atoms with Crippen molar-refractivity contribution in [2.24, 2.45) is 0 Å². The molecule has 1 atom stereocenters. The van der Waals surface area contributed by atoms with Crippen LogP contribution in [-0.2, 0) is 4.79 Å². The van der Waals surface area contributed by atoms with Crippen LogP contribution in [0.5, 0.6) is 0 Å². The number of imidazole rings is 1. The maximum Gasteiger partial charge on any atom is 0.287 e. The highest BCUT2D eigenvalue weighted by atomic mass is 19.3. The van der Waals surface area contributed by atoms with Crippen molar-refractivity contribution >= 4 is 5.91 Å². The summed E-state index contributed by atoms with van der Waals surface area (Å²) in [6.45, 7) is -0.125. The third kappa shape index (κ3) is 5.34.